The monoisotopic (exact) mass is 489 g/mol. The largest absolute Gasteiger partial charge is 0.368 e. The number of aromatic nitrogens is 3. The van der Waals surface area contributed by atoms with Crippen molar-refractivity contribution in [2.75, 3.05) is 16.4 Å². The van der Waals surface area contributed by atoms with Crippen LogP contribution in [0, 0.1) is 5.82 Å². The van der Waals surface area contributed by atoms with E-state index in [1.807, 2.05) is 0 Å². The highest BCUT2D eigenvalue weighted by Crippen LogP contribution is 2.32. The molecule has 0 spiro atoms. The SMILES string of the molecule is Nc1nc(N)nc(CSC2=N/C(=C\c3ccc(Cl)c(Cl)c3)C(=O)N2c2ccccc2F)n1. The highest BCUT2D eigenvalue weighted by atomic mass is 35.5. The first-order valence-corrected chi connectivity index (χ1v) is 10.8. The van der Waals surface area contributed by atoms with Gasteiger partial charge in [0.05, 0.1) is 21.5 Å². The summed E-state index contributed by atoms with van der Waals surface area (Å²) in [5, 5.41) is 0.958. The Kier molecular flexibility index (Phi) is 6.26. The first kappa shape index (κ1) is 22.0. The fraction of sp³-hybridized carbons (Fsp3) is 0.0500. The molecule has 0 saturated carbocycles. The third-order valence-electron chi connectivity index (χ3n) is 4.22. The van der Waals surface area contributed by atoms with Gasteiger partial charge in [-0.25, -0.2) is 9.38 Å². The van der Waals surface area contributed by atoms with E-state index < -0.39 is 11.7 Å². The summed E-state index contributed by atoms with van der Waals surface area (Å²) in [7, 11) is 0. The summed E-state index contributed by atoms with van der Waals surface area (Å²) in [5.74, 6) is -0.650. The Balaban J connectivity index is 1.70. The molecule has 0 fully saturated rings. The van der Waals surface area contributed by atoms with Crippen molar-refractivity contribution in [2.45, 2.75) is 5.75 Å². The lowest BCUT2D eigenvalue weighted by Crippen LogP contribution is -2.31. The number of nitrogen functional groups attached to an aromatic ring is 2. The van der Waals surface area contributed by atoms with Gasteiger partial charge in [0, 0.05) is 0 Å². The molecule has 0 unspecified atom stereocenters. The third-order valence-corrected chi connectivity index (χ3v) is 5.89. The smallest absolute Gasteiger partial charge is 0.283 e. The Morgan fingerprint density at radius 2 is 1.75 bits per heavy atom. The predicted molar refractivity (Wildman–Crippen MR) is 126 cm³/mol. The van der Waals surface area contributed by atoms with E-state index in [0.717, 1.165) is 11.8 Å². The normalized spacial score (nSPS) is 14.8. The maximum absolute atomic E-state index is 14.5. The van der Waals surface area contributed by atoms with Crippen LogP contribution in [0.25, 0.3) is 6.08 Å². The number of carbonyl (C=O) groups is 1. The van der Waals surface area contributed by atoms with Gasteiger partial charge < -0.3 is 11.5 Å². The highest BCUT2D eigenvalue weighted by molar-refractivity contribution is 8.13. The number of carbonyl (C=O) groups excluding carboxylic acids is 1. The number of anilines is 3. The minimum atomic E-state index is -0.571. The number of para-hydroxylation sites is 1. The van der Waals surface area contributed by atoms with E-state index in [0.29, 0.717) is 21.4 Å². The number of benzene rings is 2. The van der Waals surface area contributed by atoms with Crippen molar-refractivity contribution in [1.82, 2.24) is 15.0 Å². The van der Waals surface area contributed by atoms with E-state index in [-0.39, 0.29) is 34.2 Å². The van der Waals surface area contributed by atoms with Crippen molar-refractivity contribution in [1.29, 1.82) is 0 Å². The van der Waals surface area contributed by atoms with Crippen LogP contribution in [-0.4, -0.2) is 26.0 Å². The van der Waals surface area contributed by atoms with Gasteiger partial charge in [0.2, 0.25) is 11.9 Å². The topological polar surface area (TPSA) is 123 Å². The summed E-state index contributed by atoms with van der Waals surface area (Å²) in [4.78, 5) is 30.5. The number of nitrogens with two attached hydrogens (primary N) is 2. The van der Waals surface area contributed by atoms with Crippen molar-refractivity contribution in [3.05, 3.63) is 75.4 Å². The molecule has 3 aromatic rings. The average molecular weight is 490 g/mol. The summed E-state index contributed by atoms with van der Waals surface area (Å²) >= 11 is 13.2. The lowest BCUT2D eigenvalue weighted by Gasteiger charge is -2.18. The molecule has 0 aliphatic carbocycles. The Bertz CT molecular complexity index is 1260. The van der Waals surface area contributed by atoms with Crippen molar-refractivity contribution in [3.63, 3.8) is 0 Å². The van der Waals surface area contributed by atoms with Crippen LogP contribution in [0.3, 0.4) is 0 Å². The number of aliphatic imine (C=N–C) groups is 1. The number of hydrogen-bond acceptors (Lipinski definition) is 8. The summed E-state index contributed by atoms with van der Waals surface area (Å²) in [6, 6.07) is 10.8. The number of nitrogens with zero attached hydrogens (tertiary/aromatic N) is 5. The van der Waals surface area contributed by atoms with Crippen LogP contribution in [0.15, 0.2) is 53.2 Å². The van der Waals surface area contributed by atoms with Crippen LogP contribution < -0.4 is 16.4 Å². The van der Waals surface area contributed by atoms with Gasteiger partial charge in [0.25, 0.3) is 5.91 Å². The van der Waals surface area contributed by atoms with Gasteiger partial charge in [-0.15, -0.1) is 0 Å². The predicted octanol–water partition coefficient (Wildman–Crippen LogP) is 4.16. The Morgan fingerprint density at radius 3 is 2.44 bits per heavy atom. The summed E-state index contributed by atoms with van der Waals surface area (Å²) in [6.45, 7) is 0. The minimum Gasteiger partial charge on any atom is -0.368 e. The van der Waals surface area contributed by atoms with E-state index >= 15 is 0 Å². The lowest BCUT2D eigenvalue weighted by molar-refractivity contribution is -0.113. The van der Waals surface area contributed by atoms with Gasteiger partial charge >= 0.3 is 0 Å². The Hall–Kier alpha value is -3.21. The average Bonchev–Trinajstić information content (AvgIpc) is 3.04. The molecule has 2 aromatic carbocycles. The van der Waals surface area contributed by atoms with Gasteiger partial charge in [-0.3, -0.25) is 9.69 Å². The molecule has 32 heavy (non-hydrogen) atoms. The molecule has 1 aliphatic heterocycles. The first-order valence-electron chi connectivity index (χ1n) is 9.05. The van der Waals surface area contributed by atoms with Gasteiger partial charge in [-0.05, 0) is 35.9 Å². The fourth-order valence-corrected chi connectivity index (χ4v) is 4.02. The quantitative estimate of drug-likeness (QED) is 0.527. The zero-order valence-corrected chi connectivity index (χ0v) is 18.5. The van der Waals surface area contributed by atoms with Gasteiger partial charge in [-0.1, -0.05) is 53.2 Å². The van der Waals surface area contributed by atoms with Crippen LogP contribution in [-0.2, 0) is 10.5 Å². The molecule has 0 saturated heterocycles. The summed E-state index contributed by atoms with van der Waals surface area (Å²) in [6.07, 6.45) is 1.55. The van der Waals surface area contributed by atoms with E-state index in [9.17, 15) is 9.18 Å². The minimum absolute atomic E-state index is 0.0244. The molecule has 2 heterocycles. The molecule has 12 heteroatoms. The fourth-order valence-electron chi connectivity index (χ4n) is 2.85. The maximum Gasteiger partial charge on any atom is 0.283 e. The molecule has 4 N–H and O–H groups in total. The molecule has 1 aliphatic rings. The third kappa shape index (κ3) is 4.67. The van der Waals surface area contributed by atoms with E-state index in [4.69, 9.17) is 34.7 Å². The number of amides is 1. The van der Waals surface area contributed by atoms with Gasteiger partial charge in [0.15, 0.2) is 5.17 Å². The van der Waals surface area contributed by atoms with Crippen molar-refractivity contribution in [3.8, 4) is 0 Å². The second-order valence-corrected chi connectivity index (χ2v) is 8.20. The standard InChI is InChI=1S/C20H14Cl2FN7OS/c21-11-6-5-10(7-12(11)22)8-14-17(31)30(15-4-2-1-3-13(15)23)20(26-14)32-9-16-27-18(24)29-19(25)28-16/h1-8H,9H2,(H4,24,25,27,28,29)/b14-8-. The van der Waals surface area contributed by atoms with E-state index in [1.165, 1.54) is 23.1 Å². The molecular weight excluding hydrogens is 476 g/mol. The zero-order valence-electron chi connectivity index (χ0n) is 16.2. The first-order chi connectivity index (χ1) is 15.3. The van der Waals surface area contributed by atoms with Crippen LogP contribution >= 0.6 is 35.0 Å². The zero-order chi connectivity index (χ0) is 22.8. The molecule has 4 rings (SSSR count). The molecule has 162 valence electrons. The second-order valence-electron chi connectivity index (χ2n) is 6.45. The highest BCUT2D eigenvalue weighted by Gasteiger charge is 2.33. The molecule has 0 radical (unpaired) electrons. The van der Waals surface area contributed by atoms with Crippen molar-refractivity contribution >= 4 is 69.7 Å². The van der Waals surface area contributed by atoms with Crippen LogP contribution in [0.2, 0.25) is 10.0 Å². The van der Waals surface area contributed by atoms with Crippen LogP contribution in [0.5, 0.6) is 0 Å². The number of hydrogen-bond donors (Lipinski definition) is 2. The molecule has 1 amide bonds. The van der Waals surface area contributed by atoms with E-state index in [2.05, 4.69) is 19.9 Å². The number of thioether (sulfide) groups is 1. The Labute approximate surface area is 196 Å². The summed E-state index contributed by atoms with van der Waals surface area (Å²) in [5.41, 5.74) is 12.0. The second kappa shape index (κ2) is 9.11. The molecule has 1 aromatic heterocycles. The van der Waals surface area contributed by atoms with Gasteiger partial charge in [-0.2, -0.15) is 15.0 Å². The van der Waals surface area contributed by atoms with E-state index in [1.54, 1.807) is 30.3 Å². The Morgan fingerprint density at radius 1 is 1.03 bits per heavy atom. The lowest BCUT2D eigenvalue weighted by atomic mass is 10.2. The number of rotatable bonds is 4. The van der Waals surface area contributed by atoms with Gasteiger partial charge in [0.1, 0.15) is 17.3 Å². The van der Waals surface area contributed by atoms with Crippen molar-refractivity contribution in [2.24, 2.45) is 4.99 Å². The molecule has 0 atom stereocenters. The van der Waals surface area contributed by atoms with Crippen molar-refractivity contribution < 1.29 is 9.18 Å². The number of halogens is 3. The number of amidine groups is 1. The van der Waals surface area contributed by atoms with Crippen LogP contribution in [0.4, 0.5) is 22.0 Å². The van der Waals surface area contributed by atoms with Crippen LogP contribution in [0.1, 0.15) is 11.4 Å². The summed E-state index contributed by atoms with van der Waals surface area (Å²) < 4.78 is 14.5. The maximum atomic E-state index is 14.5. The molecule has 0 bridgehead atoms. The molecular formula is C20H14Cl2FN7OS. The molecule has 8 nitrogen and oxygen atoms in total.